The maximum Gasteiger partial charge on any atom is 0.0656 e. The van der Waals surface area contributed by atoms with E-state index in [9.17, 15) is 10.4 Å². The summed E-state index contributed by atoms with van der Waals surface area (Å²) < 4.78 is 0. The predicted molar refractivity (Wildman–Crippen MR) is 86.8 cm³/mol. The van der Waals surface area contributed by atoms with E-state index >= 15 is 0 Å². The summed E-state index contributed by atoms with van der Waals surface area (Å²) in [5.41, 5.74) is 0.910. The number of fused-ring (bicyclic) bond motifs is 5. The Hall–Kier alpha value is -0.550. The van der Waals surface area contributed by atoms with Gasteiger partial charge in [-0.3, -0.25) is 0 Å². The maximum absolute atomic E-state index is 10.1. The topological polar surface area (TPSA) is 44.0 Å². The van der Waals surface area contributed by atoms with E-state index in [1.165, 1.54) is 32.1 Å². The molecule has 4 aliphatic carbocycles. The molecule has 3 unspecified atom stereocenters. The van der Waals surface area contributed by atoms with Gasteiger partial charge in [0.25, 0.3) is 0 Å². The number of aliphatic hydroxyl groups excluding tert-OH is 1. The van der Waals surface area contributed by atoms with E-state index in [4.69, 9.17) is 0 Å². The van der Waals surface area contributed by atoms with Crippen LogP contribution < -0.4 is 0 Å². The molecule has 0 spiro atoms. The molecule has 0 saturated heterocycles. The zero-order valence-corrected chi connectivity index (χ0v) is 14.2. The minimum atomic E-state index is -0.0436. The normalized spacial score (nSPS) is 57.4. The van der Waals surface area contributed by atoms with Crippen LogP contribution in [0.1, 0.15) is 71.6 Å². The van der Waals surface area contributed by atoms with E-state index in [1.54, 1.807) is 0 Å². The van der Waals surface area contributed by atoms with Crippen LogP contribution in [0.3, 0.4) is 0 Å². The first kappa shape index (κ1) is 15.0. The van der Waals surface area contributed by atoms with E-state index in [0.29, 0.717) is 16.7 Å². The van der Waals surface area contributed by atoms with Crippen molar-refractivity contribution in [3.8, 4) is 6.07 Å². The molecule has 0 amide bonds. The molecule has 0 heterocycles. The fourth-order valence-electron chi connectivity index (χ4n) is 7.39. The van der Waals surface area contributed by atoms with Crippen molar-refractivity contribution in [3.05, 3.63) is 0 Å². The zero-order chi connectivity index (χ0) is 15.5. The monoisotopic (exact) mass is 301 g/mol. The summed E-state index contributed by atoms with van der Waals surface area (Å²) in [4.78, 5) is 0. The Bertz CT molecular complexity index is 496. The number of nitrogens with zero attached hydrogens (tertiary/aromatic N) is 1. The summed E-state index contributed by atoms with van der Waals surface area (Å²) in [6.07, 6.45) is 10.9. The third kappa shape index (κ3) is 2.01. The van der Waals surface area contributed by atoms with Gasteiger partial charge in [-0.05, 0) is 92.3 Å². The standard InChI is InChI=1S/C20H31NO/c1-19-7-6-17-16(18(19)9-13(11-19)12-21)4-3-14-10-15(22)5-8-20(14,17)2/h13-18,22H,3-11H2,1-2H3/t13-,14?,15?,16+,17-,18?,19+,20-/m1/s1. The molecule has 8 atom stereocenters. The van der Waals surface area contributed by atoms with Gasteiger partial charge >= 0.3 is 0 Å². The van der Waals surface area contributed by atoms with Gasteiger partial charge in [0.15, 0.2) is 0 Å². The lowest BCUT2D eigenvalue weighted by atomic mass is 9.45. The summed E-state index contributed by atoms with van der Waals surface area (Å²) in [5, 5.41) is 19.5. The second-order valence-electron chi connectivity index (χ2n) is 9.54. The largest absolute Gasteiger partial charge is 0.393 e. The quantitative estimate of drug-likeness (QED) is 0.714. The highest BCUT2D eigenvalue weighted by Crippen LogP contribution is 2.66. The molecule has 2 heteroatoms. The van der Waals surface area contributed by atoms with Crippen molar-refractivity contribution in [2.75, 3.05) is 0 Å². The molecule has 0 bridgehead atoms. The van der Waals surface area contributed by atoms with Gasteiger partial charge in [0.05, 0.1) is 12.2 Å². The van der Waals surface area contributed by atoms with Crippen LogP contribution in [0.2, 0.25) is 0 Å². The smallest absolute Gasteiger partial charge is 0.0656 e. The van der Waals surface area contributed by atoms with Gasteiger partial charge in [0.1, 0.15) is 0 Å². The average Bonchev–Trinajstić information content (AvgIpc) is 2.85. The van der Waals surface area contributed by atoms with Gasteiger partial charge < -0.3 is 5.11 Å². The van der Waals surface area contributed by atoms with Crippen LogP contribution in [0.5, 0.6) is 0 Å². The lowest BCUT2D eigenvalue weighted by molar-refractivity contribution is -0.120. The summed E-state index contributed by atoms with van der Waals surface area (Å²) in [6, 6.07) is 2.58. The van der Waals surface area contributed by atoms with E-state index in [-0.39, 0.29) is 6.10 Å². The van der Waals surface area contributed by atoms with Crippen LogP contribution in [0.15, 0.2) is 0 Å². The molecule has 0 aromatic carbocycles. The molecule has 122 valence electrons. The highest BCUT2D eigenvalue weighted by molar-refractivity contribution is 5.10. The van der Waals surface area contributed by atoms with Crippen molar-refractivity contribution < 1.29 is 5.11 Å². The Morgan fingerprint density at radius 2 is 1.82 bits per heavy atom. The van der Waals surface area contributed by atoms with Crippen molar-refractivity contribution in [3.63, 3.8) is 0 Å². The molecule has 0 aromatic heterocycles. The molecule has 1 N–H and O–H groups in total. The Morgan fingerprint density at radius 3 is 2.59 bits per heavy atom. The molecule has 2 nitrogen and oxygen atoms in total. The molecule has 0 radical (unpaired) electrons. The van der Waals surface area contributed by atoms with Gasteiger partial charge in [-0.15, -0.1) is 0 Å². The van der Waals surface area contributed by atoms with Crippen LogP contribution in [0.4, 0.5) is 0 Å². The number of hydrogen-bond donors (Lipinski definition) is 1. The fraction of sp³-hybridized carbons (Fsp3) is 0.950. The lowest BCUT2D eigenvalue weighted by Crippen LogP contribution is -2.53. The van der Waals surface area contributed by atoms with Crippen molar-refractivity contribution in [1.29, 1.82) is 5.26 Å². The third-order valence-corrected chi connectivity index (χ3v) is 8.59. The fourth-order valence-corrected chi connectivity index (χ4v) is 7.39. The number of aliphatic hydroxyl groups is 1. The van der Waals surface area contributed by atoms with Gasteiger partial charge in [-0.1, -0.05) is 13.8 Å². The Labute approximate surface area is 135 Å². The molecule has 4 rings (SSSR count). The van der Waals surface area contributed by atoms with E-state index in [0.717, 1.165) is 49.4 Å². The molecule has 0 aliphatic heterocycles. The second kappa shape index (κ2) is 4.97. The van der Waals surface area contributed by atoms with E-state index in [2.05, 4.69) is 19.9 Å². The SMILES string of the molecule is C[C@@]12CC[C@@H]3[C@H](CCC4CC(O)CC[C@]43C)C1C[C@@H](C#N)C2. The Balaban J connectivity index is 1.61. The predicted octanol–water partition coefficient (Wildman–Crippen LogP) is 4.53. The molecule has 4 saturated carbocycles. The average molecular weight is 301 g/mol. The van der Waals surface area contributed by atoms with Gasteiger partial charge in [0, 0.05) is 5.92 Å². The Morgan fingerprint density at radius 1 is 1.00 bits per heavy atom. The first-order chi connectivity index (χ1) is 10.5. The van der Waals surface area contributed by atoms with Gasteiger partial charge in [-0.2, -0.15) is 5.26 Å². The van der Waals surface area contributed by atoms with Crippen molar-refractivity contribution in [2.45, 2.75) is 77.7 Å². The first-order valence-electron chi connectivity index (χ1n) is 9.54. The van der Waals surface area contributed by atoms with Crippen LogP contribution in [0, 0.1) is 51.8 Å². The van der Waals surface area contributed by atoms with E-state index < -0.39 is 0 Å². The highest BCUT2D eigenvalue weighted by atomic mass is 16.3. The zero-order valence-electron chi connectivity index (χ0n) is 14.2. The van der Waals surface area contributed by atoms with Gasteiger partial charge in [0.2, 0.25) is 0 Å². The number of rotatable bonds is 0. The summed E-state index contributed by atoms with van der Waals surface area (Å²) in [6.45, 7) is 5.02. The number of hydrogen-bond acceptors (Lipinski definition) is 2. The second-order valence-corrected chi connectivity index (χ2v) is 9.54. The Kier molecular flexibility index (Phi) is 3.39. The van der Waals surface area contributed by atoms with Crippen molar-refractivity contribution in [1.82, 2.24) is 0 Å². The van der Waals surface area contributed by atoms with Crippen LogP contribution in [0.25, 0.3) is 0 Å². The molecular formula is C20H31NO. The summed E-state index contributed by atoms with van der Waals surface area (Å²) in [5.74, 6) is 3.56. The van der Waals surface area contributed by atoms with Gasteiger partial charge in [-0.25, -0.2) is 0 Å². The molecular weight excluding hydrogens is 270 g/mol. The highest BCUT2D eigenvalue weighted by Gasteiger charge is 2.59. The maximum atomic E-state index is 10.1. The first-order valence-corrected chi connectivity index (χ1v) is 9.54. The van der Waals surface area contributed by atoms with Crippen LogP contribution in [-0.4, -0.2) is 11.2 Å². The molecule has 4 aliphatic rings. The minimum Gasteiger partial charge on any atom is -0.393 e. The van der Waals surface area contributed by atoms with Crippen LogP contribution in [-0.2, 0) is 0 Å². The number of nitriles is 1. The van der Waals surface area contributed by atoms with Crippen molar-refractivity contribution >= 4 is 0 Å². The lowest BCUT2D eigenvalue weighted by Gasteiger charge is -2.60. The molecule has 0 aromatic rings. The molecule has 22 heavy (non-hydrogen) atoms. The van der Waals surface area contributed by atoms with Crippen LogP contribution >= 0.6 is 0 Å². The van der Waals surface area contributed by atoms with Crippen molar-refractivity contribution in [2.24, 2.45) is 40.4 Å². The van der Waals surface area contributed by atoms with E-state index in [1.807, 2.05) is 0 Å². The third-order valence-electron chi connectivity index (χ3n) is 8.59. The minimum absolute atomic E-state index is 0.0436. The summed E-state index contributed by atoms with van der Waals surface area (Å²) in [7, 11) is 0. The molecule has 4 fully saturated rings. The summed E-state index contributed by atoms with van der Waals surface area (Å²) >= 11 is 0.